The summed E-state index contributed by atoms with van der Waals surface area (Å²) in [7, 11) is 0. The van der Waals surface area contributed by atoms with E-state index in [9.17, 15) is 23.1 Å². The number of aromatic nitrogens is 4. The number of nitrogens with zero attached hydrogens (tertiary/aromatic N) is 4. The highest BCUT2D eigenvalue weighted by Gasteiger charge is 2.30. The van der Waals surface area contributed by atoms with E-state index in [1.165, 1.54) is 18.5 Å². The molecule has 1 amide bonds. The number of amides is 1. The molecule has 0 radical (unpaired) electrons. The molecule has 0 bridgehead atoms. The molecule has 2 aromatic heterocycles. The number of aliphatic hydroxyl groups is 1. The fourth-order valence-electron chi connectivity index (χ4n) is 4.64. The lowest BCUT2D eigenvalue weighted by molar-refractivity contribution is -0.137. The lowest BCUT2D eigenvalue weighted by atomic mass is 9.93. The lowest BCUT2D eigenvalue weighted by Crippen LogP contribution is -2.22. The van der Waals surface area contributed by atoms with Crippen molar-refractivity contribution in [3.8, 4) is 11.8 Å². The van der Waals surface area contributed by atoms with Gasteiger partial charge in [0, 0.05) is 16.8 Å². The second-order valence-electron chi connectivity index (χ2n) is 9.53. The number of rotatable bonds is 3. The van der Waals surface area contributed by atoms with Gasteiger partial charge in [0.05, 0.1) is 23.1 Å². The number of halogens is 3. The van der Waals surface area contributed by atoms with Gasteiger partial charge in [-0.15, -0.1) is 0 Å². The molecule has 0 atom stereocenters. The lowest BCUT2D eigenvalue weighted by Gasteiger charge is -2.25. The van der Waals surface area contributed by atoms with E-state index in [2.05, 4.69) is 27.1 Å². The third-order valence-electron chi connectivity index (χ3n) is 6.79. The van der Waals surface area contributed by atoms with Gasteiger partial charge in [0.2, 0.25) is 0 Å². The van der Waals surface area contributed by atoms with Crippen LogP contribution < -0.4 is 11.1 Å². The maximum Gasteiger partial charge on any atom is 0.416 e. The zero-order valence-electron chi connectivity index (χ0n) is 21.0. The minimum atomic E-state index is -4.52. The highest BCUT2D eigenvalue weighted by atomic mass is 19.4. The number of nitrogen functional groups attached to an aromatic ring is 1. The first-order valence-corrected chi connectivity index (χ1v) is 12.4. The van der Waals surface area contributed by atoms with Gasteiger partial charge in [0.25, 0.3) is 5.91 Å². The molecular formula is C28H25F3N6O2. The largest absolute Gasteiger partial charge is 0.416 e. The Hall–Kier alpha value is -4.43. The maximum atomic E-state index is 13.0. The van der Waals surface area contributed by atoms with E-state index in [0.29, 0.717) is 35.1 Å². The van der Waals surface area contributed by atoms with Crippen molar-refractivity contribution in [2.75, 3.05) is 11.1 Å². The normalized spacial score (nSPS) is 17.5. The molecule has 11 heteroatoms. The first kappa shape index (κ1) is 26.2. The smallest absolute Gasteiger partial charge is 0.393 e. The van der Waals surface area contributed by atoms with Crippen LogP contribution in [0.1, 0.15) is 64.5 Å². The van der Waals surface area contributed by atoms with E-state index in [1.54, 1.807) is 22.9 Å². The predicted molar refractivity (Wildman–Crippen MR) is 140 cm³/mol. The van der Waals surface area contributed by atoms with Crippen LogP contribution in [0.25, 0.3) is 11.0 Å². The van der Waals surface area contributed by atoms with Crippen molar-refractivity contribution in [2.24, 2.45) is 0 Å². The number of carbonyl (C=O) groups is 1. The van der Waals surface area contributed by atoms with Crippen LogP contribution in [0.3, 0.4) is 0 Å². The molecule has 0 saturated heterocycles. The summed E-state index contributed by atoms with van der Waals surface area (Å²) in [5.41, 5.74) is 7.89. The molecule has 39 heavy (non-hydrogen) atoms. The van der Waals surface area contributed by atoms with Gasteiger partial charge in [-0.2, -0.15) is 18.3 Å². The number of hydrogen-bond acceptors (Lipinski definition) is 6. The highest BCUT2D eigenvalue weighted by Crippen LogP contribution is 2.33. The summed E-state index contributed by atoms with van der Waals surface area (Å²) in [6, 6.07) is 9.37. The molecule has 4 N–H and O–H groups in total. The van der Waals surface area contributed by atoms with Crippen LogP contribution >= 0.6 is 0 Å². The van der Waals surface area contributed by atoms with Crippen molar-refractivity contribution < 1.29 is 23.1 Å². The Morgan fingerprint density at radius 3 is 2.62 bits per heavy atom. The second-order valence-corrected chi connectivity index (χ2v) is 9.53. The van der Waals surface area contributed by atoms with Gasteiger partial charge >= 0.3 is 6.18 Å². The number of aliphatic hydroxyl groups excluding tert-OH is 1. The quantitative estimate of drug-likeness (QED) is 0.323. The molecule has 1 aliphatic rings. The average molecular weight is 535 g/mol. The molecule has 1 aliphatic carbocycles. The Morgan fingerprint density at radius 2 is 1.87 bits per heavy atom. The Labute approximate surface area is 222 Å². The van der Waals surface area contributed by atoms with Crippen molar-refractivity contribution in [1.29, 1.82) is 0 Å². The number of alkyl halides is 3. The summed E-state index contributed by atoms with van der Waals surface area (Å²) in [6.45, 7) is 1.83. The van der Waals surface area contributed by atoms with Crippen LogP contribution in [0, 0.1) is 18.8 Å². The van der Waals surface area contributed by atoms with Gasteiger partial charge in [-0.3, -0.25) is 4.79 Å². The standard InChI is InChI=1S/C28H25F3N6O2/c1-16-5-6-18(27(39)35-20-4-2-3-19(14-20)28(29,30)31)13-17(16)7-12-23-24-25(32)33-15-34-26(24)37(36-23)21-8-10-22(38)11-9-21/h2-6,13-15,21-22,38H,8-11H2,1H3,(H,35,39)(H2,32,33,34)/t21-,22-. The predicted octanol–water partition coefficient (Wildman–Crippen LogP) is 4.86. The number of hydrogen-bond donors (Lipinski definition) is 3. The van der Waals surface area contributed by atoms with Crippen molar-refractivity contribution in [1.82, 2.24) is 19.7 Å². The topological polar surface area (TPSA) is 119 Å². The summed E-state index contributed by atoms with van der Waals surface area (Å²) < 4.78 is 40.9. The van der Waals surface area contributed by atoms with Gasteiger partial charge in [-0.05, 0) is 74.4 Å². The number of nitrogens with one attached hydrogen (secondary N) is 1. The van der Waals surface area contributed by atoms with Crippen LogP contribution in [-0.2, 0) is 6.18 Å². The summed E-state index contributed by atoms with van der Waals surface area (Å²) in [5, 5.41) is 17.6. The molecule has 4 aromatic rings. The summed E-state index contributed by atoms with van der Waals surface area (Å²) in [6.07, 6.45) is -0.626. The zero-order valence-corrected chi connectivity index (χ0v) is 21.0. The van der Waals surface area contributed by atoms with Gasteiger partial charge < -0.3 is 16.2 Å². The Balaban J connectivity index is 1.44. The molecule has 1 fully saturated rings. The molecule has 0 aliphatic heterocycles. The van der Waals surface area contributed by atoms with E-state index in [-0.39, 0.29) is 29.2 Å². The minimum Gasteiger partial charge on any atom is -0.393 e. The Kier molecular flexibility index (Phi) is 6.97. The number of carbonyl (C=O) groups excluding carboxylic acids is 1. The molecular weight excluding hydrogens is 509 g/mol. The minimum absolute atomic E-state index is 0.0331. The molecule has 5 rings (SSSR count). The molecule has 0 spiro atoms. The molecule has 200 valence electrons. The highest BCUT2D eigenvalue weighted by molar-refractivity contribution is 6.04. The summed E-state index contributed by atoms with van der Waals surface area (Å²) >= 11 is 0. The fraction of sp³-hybridized carbons (Fsp3) is 0.286. The van der Waals surface area contributed by atoms with Gasteiger partial charge in [-0.25, -0.2) is 14.6 Å². The van der Waals surface area contributed by atoms with Crippen LogP contribution in [0.2, 0.25) is 0 Å². The van der Waals surface area contributed by atoms with E-state index in [1.807, 2.05) is 6.92 Å². The number of anilines is 2. The molecule has 2 heterocycles. The van der Waals surface area contributed by atoms with Gasteiger partial charge in [0.1, 0.15) is 17.8 Å². The van der Waals surface area contributed by atoms with Crippen LogP contribution in [0.4, 0.5) is 24.7 Å². The van der Waals surface area contributed by atoms with E-state index in [4.69, 9.17) is 10.8 Å². The van der Waals surface area contributed by atoms with Crippen molar-refractivity contribution >= 4 is 28.4 Å². The Bertz CT molecular complexity index is 1610. The number of benzene rings is 2. The SMILES string of the molecule is Cc1ccc(C(=O)Nc2cccc(C(F)(F)F)c2)cc1C#Cc1nn([C@H]2CC[C@H](O)CC2)c2ncnc(N)c12. The average Bonchev–Trinajstić information content (AvgIpc) is 3.28. The number of aryl methyl sites for hydroxylation is 1. The second kappa shape index (κ2) is 10.4. The van der Waals surface area contributed by atoms with E-state index < -0.39 is 17.6 Å². The maximum absolute atomic E-state index is 13.0. The van der Waals surface area contributed by atoms with E-state index in [0.717, 1.165) is 30.5 Å². The molecule has 2 aromatic carbocycles. The first-order valence-electron chi connectivity index (χ1n) is 12.4. The van der Waals surface area contributed by atoms with Gasteiger partial charge in [0.15, 0.2) is 5.65 Å². The third-order valence-corrected chi connectivity index (χ3v) is 6.79. The fourth-order valence-corrected chi connectivity index (χ4v) is 4.64. The van der Waals surface area contributed by atoms with Crippen molar-refractivity contribution in [3.05, 3.63) is 76.7 Å². The van der Waals surface area contributed by atoms with E-state index >= 15 is 0 Å². The van der Waals surface area contributed by atoms with Crippen LogP contribution in [-0.4, -0.2) is 36.9 Å². The van der Waals surface area contributed by atoms with Crippen LogP contribution in [0.15, 0.2) is 48.8 Å². The summed E-state index contributed by atoms with van der Waals surface area (Å²) in [5.74, 6) is 5.78. The van der Waals surface area contributed by atoms with Crippen molar-refractivity contribution in [2.45, 2.75) is 50.9 Å². The van der Waals surface area contributed by atoms with Gasteiger partial charge in [-0.1, -0.05) is 18.1 Å². The number of fused-ring (bicyclic) bond motifs is 1. The number of nitrogens with two attached hydrogens (primary N) is 1. The third kappa shape index (κ3) is 5.56. The summed E-state index contributed by atoms with van der Waals surface area (Å²) in [4.78, 5) is 21.3. The monoisotopic (exact) mass is 534 g/mol. The molecule has 0 unspecified atom stereocenters. The van der Waals surface area contributed by atoms with Crippen LogP contribution in [0.5, 0.6) is 0 Å². The zero-order chi connectivity index (χ0) is 27.7. The molecule has 8 nitrogen and oxygen atoms in total. The molecule has 1 saturated carbocycles. The first-order chi connectivity index (χ1) is 18.6. The Morgan fingerprint density at radius 1 is 1.10 bits per heavy atom. The van der Waals surface area contributed by atoms with Crippen molar-refractivity contribution in [3.63, 3.8) is 0 Å².